The minimum absolute atomic E-state index is 0.0823. The monoisotopic (exact) mass is 566 g/mol. The van der Waals surface area contributed by atoms with Crippen LogP contribution in [-0.4, -0.2) is 49.6 Å². The Balaban J connectivity index is 1.17. The Morgan fingerprint density at radius 3 is 2.43 bits per heavy atom. The van der Waals surface area contributed by atoms with Crippen molar-refractivity contribution in [3.05, 3.63) is 70.7 Å². The van der Waals surface area contributed by atoms with Gasteiger partial charge in [0.05, 0.1) is 46.6 Å². The molecular weight excluding hydrogens is 532 g/mol. The summed E-state index contributed by atoms with van der Waals surface area (Å²) >= 11 is 0. The van der Waals surface area contributed by atoms with Gasteiger partial charge in [-0.3, -0.25) is 9.69 Å². The summed E-state index contributed by atoms with van der Waals surface area (Å²) in [6, 6.07) is 11.3. The van der Waals surface area contributed by atoms with E-state index in [1.54, 1.807) is 17.2 Å². The quantitative estimate of drug-likeness (QED) is 0.220. The number of fused-ring (bicyclic) bond motifs is 2. The average molecular weight is 567 g/mol. The number of H-pyrrole nitrogens is 2. The van der Waals surface area contributed by atoms with Crippen LogP contribution >= 0.6 is 0 Å². The van der Waals surface area contributed by atoms with Crippen molar-refractivity contribution in [2.45, 2.75) is 64.1 Å². The number of benzene rings is 2. The molecule has 2 fully saturated rings. The van der Waals surface area contributed by atoms with Gasteiger partial charge in [0.2, 0.25) is 5.43 Å². The number of nitrogens with one attached hydrogen (secondary N) is 3. The number of nitrogens with zero attached hydrogens (tertiary/aromatic N) is 3. The molecule has 0 bridgehead atoms. The molecule has 0 spiro atoms. The second-order valence-corrected chi connectivity index (χ2v) is 12.2. The summed E-state index contributed by atoms with van der Waals surface area (Å²) in [5.41, 5.74) is 3.77. The normalized spacial score (nSPS) is 19.3. The topological polar surface area (TPSA) is 129 Å². The van der Waals surface area contributed by atoms with Crippen molar-refractivity contribution >= 4 is 28.0 Å². The molecule has 1 amide bonds. The zero-order valence-corrected chi connectivity index (χ0v) is 24.0. The highest BCUT2D eigenvalue weighted by Crippen LogP contribution is 2.34. The molecule has 7 rings (SSSR count). The van der Waals surface area contributed by atoms with Crippen LogP contribution in [-0.2, 0) is 4.74 Å². The molecule has 2 aromatic carbocycles. The van der Waals surface area contributed by atoms with Crippen LogP contribution < -0.4 is 10.7 Å². The first-order valence-electron chi connectivity index (χ1n) is 14.6. The first-order valence-corrected chi connectivity index (χ1v) is 14.6. The first kappa shape index (κ1) is 26.5. The molecule has 0 radical (unpaired) electrons. The number of rotatable bonds is 4. The smallest absolute Gasteiger partial charge is 0.410 e. The lowest BCUT2D eigenvalue weighted by molar-refractivity contribution is 0.0218. The number of carbonyl (C=O) groups excluding carboxylic acids is 1. The fourth-order valence-electron chi connectivity index (χ4n) is 6.01. The van der Waals surface area contributed by atoms with Crippen molar-refractivity contribution in [2.75, 3.05) is 13.1 Å². The van der Waals surface area contributed by atoms with Gasteiger partial charge in [-0.1, -0.05) is 6.07 Å². The van der Waals surface area contributed by atoms with Crippen molar-refractivity contribution in [2.24, 2.45) is 0 Å². The Hall–Kier alpha value is -4.44. The van der Waals surface area contributed by atoms with Crippen LogP contribution in [0.5, 0.6) is 0 Å². The fourth-order valence-corrected chi connectivity index (χ4v) is 6.01. The highest BCUT2D eigenvalue weighted by molar-refractivity contribution is 5.93. The van der Waals surface area contributed by atoms with E-state index in [4.69, 9.17) is 9.15 Å². The zero-order valence-electron chi connectivity index (χ0n) is 24.0. The van der Waals surface area contributed by atoms with Gasteiger partial charge in [-0.15, -0.1) is 0 Å². The lowest BCUT2D eigenvalue weighted by Gasteiger charge is -2.27. The predicted octanol–water partition coefficient (Wildman–Crippen LogP) is 6.22. The maximum absolute atomic E-state index is 13.5. The average Bonchev–Trinajstić information content (AvgIpc) is 3.78. The number of aromatic nitrogens is 4. The third kappa shape index (κ3) is 4.85. The van der Waals surface area contributed by atoms with E-state index in [-0.39, 0.29) is 23.6 Å². The Bertz CT molecular complexity index is 1860. The molecule has 2 unspecified atom stereocenters. The number of carbonyl (C=O) groups is 1. The predicted molar refractivity (Wildman–Crippen MR) is 160 cm³/mol. The van der Waals surface area contributed by atoms with Gasteiger partial charge < -0.3 is 24.4 Å². The lowest BCUT2D eigenvalue weighted by Crippen LogP contribution is -2.36. The fraction of sp³-hybridized carbons (Fsp3) is 0.375. The molecule has 0 aliphatic carbocycles. The molecule has 216 valence electrons. The summed E-state index contributed by atoms with van der Waals surface area (Å²) in [4.78, 5) is 44.0. The number of hydrogen-bond acceptors (Lipinski definition) is 7. The highest BCUT2D eigenvalue weighted by atomic mass is 16.6. The summed E-state index contributed by atoms with van der Waals surface area (Å²) < 4.78 is 11.8. The third-order valence-electron chi connectivity index (χ3n) is 8.07. The molecule has 2 aliphatic heterocycles. The van der Waals surface area contributed by atoms with Gasteiger partial charge >= 0.3 is 6.09 Å². The van der Waals surface area contributed by atoms with Crippen LogP contribution in [0, 0.1) is 0 Å². The molecule has 2 atom stereocenters. The summed E-state index contributed by atoms with van der Waals surface area (Å²) in [5.74, 6) is 1.64. The standard InChI is InChI=1S/C32H34N6O4/c1-32(2,3)42-31(40)38-13-5-7-25(38)30-35-17-24(37-30)19-8-10-20-27(15-19)41-26-11-9-18(14-21(26)28(20)39)23-16-34-29(36-23)22-6-4-12-33-22/h8-11,14-17,22,25,33H,4-7,12-13H2,1-3H3,(H,34,36)(H,35,37). The Labute approximate surface area is 242 Å². The SMILES string of the molecule is CC(C)(C)OC(=O)N1CCCC1c1ncc(-c2ccc3c(=O)c4cc(-c5cnc(C6CCCN6)[nH]5)ccc4oc3c2)[nH]1. The van der Waals surface area contributed by atoms with E-state index in [1.165, 1.54) is 0 Å². The van der Waals surface area contributed by atoms with E-state index in [9.17, 15) is 9.59 Å². The van der Waals surface area contributed by atoms with E-state index in [2.05, 4.69) is 25.3 Å². The lowest BCUT2D eigenvalue weighted by atomic mass is 10.1. The zero-order chi connectivity index (χ0) is 29.0. The van der Waals surface area contributed by atoms with E-state index >= 15 is 0 Å². The highest BCUT2D eigenvalue weighted by Gasteiger charge is 2.35. The molecule has 42 heavy (non-hydrogen) atoms. The second kappa shape index (κ2) is 10.1. The number of imidazole rings is 2. The van der Waals surface area contributed by atoms with Gasteiger partial charge in [-0.2, -0.15) is 0 Å². The Morgan fingerprint density at radius 2 is 1.67 bits per heavy atom. The van der Waals surface area contributed by atoms with Gasteiger partial charge in [0.15, 0.2) is 0 Å². The summed E-state index contributed by atoms with van der Waals surface area (Å²) in [7, 11) is 0. The number of hydrogen-bond donors (Lipinski definition) is 3. The molecule has 3 N–H and O–H groups in total. The van der Waals surface area contributed by atoms with Crippen molar-refractivity contribution < 1.29 is 13.9 Å². The number of likely N-dealkylation sites (tertiary alicyclic amines) is 1. The maximum Gasteiger partial charge on any atom is 0.410 e. The van der Waals surface area contributed by atoms with Gasteiger partial charge in [0, 0.05) is 17.7 Å². The number of amides is 1. The minimum Gasteiger partial charge on any atom is -0.456 e. The van der Waals surface area contributed by atoms with Crippen LogP contribution in [0.1, 0.15) is 70.2 Å². The van der Waals surface area contributed by atoms with Crippen LogP contribution in [0.4, 0.5) is 4.79 Å². The number of ether oxygens (including phenoxy) is 1. The van der Waals surface area contributed by atoms with Crippen LogP contribution in [0.25, 0.3) is 44.5 Å². The molecule has 5 aromatic rings. The van der Waals surface area contributed by atoms with Gasteiger partial charge in [-0.25, -0.2) is 14.8 Å². The molecule has 5 heterocycles. The molecule has 0 saturated carbocycles. The van der Waals surface area contributed by atoms with Crippen molar-refractivity contribution in [3.63, 3.8) is 0 Å². The number of aromatic amines is 2. The van der Waals surface area contributed by atoms with Gasteiger partial charge in [0.25, 0.3) is 0 Å². The molecule has 2 aliphatic rings. The van der Waals surface area contributed by atoms with E-state index in [0.29, 0.717) is 34.3 Å². The van der Waals surface area contributed by atoms with Crippen LogP contribution in [0.15, 0.2) is 58.0 Å². The van der Waals surface area contributed by atoms with E-state index in [1.807, 2.05) is 57.3 Å². The summed E-state index contributed by atoms with van der Waals surface area (Å²) in [5, 5.41) is 4.49. The van der Waals surface area contributed by atoms with E-state index in [0.717, 1.165) is 60.6 Å². The van der Waals surface area contributed by atoms with Crippen molar-refractivity contribution in [3.8, 4) is 22.5 Å². The van der Waals surface area contributed by atoms with Crippen molar-refractivity contribution in [1.29, 1.82) is 0 Å². The molecular formula is C32H34N6O4. The third-order valence-corrected chi connectivity index (χ3v) is 8.07. The minimum atomic E-state index is -0.561. The summed E-state index contributed by atoms with van der Waals surface area (Å²) in [6.45, 7) is 7.23. The van der Waals surface area contributed by atoms with Crippen LogP contribution in [0.2, 0.25) is 0 Å². The Morgan fingerprint density at radius 1 is 0.929 bits per heavy atom. The largest absolute Gasteiger partial charge is 0.456 e. The van der Waals surface area contributed by atoms with Crippen LogP contribution in [0.3, 0.4) is 0 Å². The molecule has 2 saturated heterocycles. The first-order chi connectivity index (χ1) is 20.2. The van der Waals surface area contributed by atoms with E-state index < -0.39 is 5.60 Å². The maximum atomic E-state index is 13.5. The van der Waals surface area contributed by atoms with Gasteiger partial charge in [-0.05, 0) is 83.3 Å². The molecule has 3 aromatic heterocycles. The second-order valence-electron chi connectivity index (χ2n) is 12.2. The summed E-state index contributed by atoms with van der Waals surface area (Å²) in [6.07, 6.45) is 7.15. The molecule has 10 heteroatoms. The Kier molecular flexibility index (Phi) is 6.38. The molecule has 10 nitrogen and oxygen atoms in total. The van der Waals surface area contributed by atoms with Crippen molar-refractivity contribution in [1.82, 2.24) is 30.2 Å². The van der Waals surface area contributed by atoms with Gasteiger partial charge in [0.1, 0.15) is 28.4 Å².